The lowest BCUT2D eigenvalue weighted by Gasteiger charge is -2.29. The predicted octanol–water partition coefficient (Wildman–Crippen LogP) is 2.64. The predicted molar refractivity (Wildman–Crippen MR) is 90.4 cm³/mol. The molecule has 1 aliphatic carbocycles. The van der Waals surface area contributed by atoms with Gasteiger partial charge in [-0.2, -0.15) is 0 Å². The van der Waals surface area contributed by atoms with Crippen LogP contribution in [0.15, 0.2) is 30.3 Å². The SMILES string of the molecule is CC(C)[C@@H]([NH2+]CC(=O)N[C@@H]1CCCC[C@H]1C)c1ccccc1. The van der Waals surface area contributed by atoms with E-state index in [2.05, 4.69) is 55.7 Å². The zero-order chi connectivity index (χ0) is 15.9. The summed E-state index contributed by atoms with van der Waals surface area (Å²) in [5, 5.41) is 5.43. The summed E-state index contributed by atoms with van der Waals surface area (Å²) in [5.74, 6) is 1.30. The number of rotatable bonds is 6. The molecule has 0 bridgehead atoms. The monoisotopic (exact) mass is 303 g/mol. The van der Waals surface area contributed by atoms with E-state index < -0.39 is 0 Å². The highest BCUT2D eigenvalue weighted by atomic mass is 16.2. The smallest absolute Gasteiger partial charge is 0.275 e. The second-order valence-corrected chi connectivity index (χ2v) is 7.06. The molecule has 0 saturated heterocycles. The van der Waals surface area contributed by atoms with Gasteiger partial charge in [-0.3, -0.25) is 4.79 Å². The number of benzene rings is 1. The fraction of sp³-hybridized carbons (Fsp3) is 0.632. The quantitative estimate of drug-likeness (QED) is 0.834. The molecule has 0 radical (unpaired) electrons. The Balaban J connectivity index is 1.85. The van der Waals surface area contributed by atoms with E-state index in [0.717, 1.165) is 6.42 Å². The molecule has 3 nitrogen and oxygen atoms in total. The van der Waals surface area contributed by atoms with Crippen molar-refractivity contribution in [1.82, 2.24) is 5.32 Å². The third-order valence-corrected chi connectivity index (χ3v) is 4.92. The molecule has 3 N–H and O–H groups in total. The van der Waals surface area contributed by atoms with Crippen LogP contribution in [0, 0.1) is 11.8 Å². The van der Waals surface area contributed by atoms with Crippen molar-refractivity contribution >= 4 is 5.91 Å². The summed E-state index contributed by atoms with van der Waals surface area (Å²) in [6.45, 7) is 7.21. The summed E-state index contributed by atoms with van der Waals surface area (Å²) in [5.41, 5.74) is 1.30. The van der Waals surface area contributed by atoms with Gasteiger partial charge in [0.05, 0.1) is 0 Å². The average molecular weight is 303 g/mol. The van der Waals surface area contributed by atoms with Gasteiger partial charge in [0, 0.05) is 17.5 Å². The first-order valence-corrected chi connectivity index (χ1v) is 8.75. The molecular weight excluding hydrogens is 272 g/mol. The minimum Gasteiger partial charge on any atom is -0.348 e. The Morgan fingerprint density at radius 2 is 1.91 bits per heavy atom. The lowest BCUT2D eigenvalue weighted by atomic mass is 9.86. The molecule has 0 spiro atoms. The largest absolute Gasteiger partial charge is 0.348 e. The van der Waals surface area contributed by atoms with Crippen molar-refractivity contribution in [3.8, 4) is 0 Å². The Bertz CT molecular complexity index is 458. The Morgan fingerprint density at radius 1 is 1.23 bits per heavy atom. The van der Waals surface area contributed by atoms with E-state index in [1.165, 1.54) is 24.8 Å². The van der Waals surface area contributed by atoms with Crippen molar-refractivity contribution in [3.05, 3.63) is 35.9 Å². The molecule has 1 fully saturated rings. The molecule has 1 amide bonds. The molecule has 0 unspecified atom stereocenters. The number of quaternary nitrogens is 1. The highest BCUT2D eigenvalue weighted by Crippen LogP contribution is 2.23. The topological polar surface area (TPSA) is 45.7 Å². The molecule has 0 heterocycles. The fourth-order valence-corrected chi connectivity index (χ4v) is 3.50. The molecule has 1 saturated carbocycles. The number of nitrogens with one attached hydrogen (secondary N) is 1. The van der Waals surface area contributed by atoms with Crippen LogP contribution in [0.3, 0.4) is 0 Å². The van der Waals surface area contributed by atoms with Gasteiger partial charge in [0.15, 0.2) is 6.54 Å². The van der Waals surface area contributed by atoms with Gasteiger partial charge in [-0.15, -0.1) is 0 Å². The van der Waals surface area contributed by atoms with Gasteiger partial charge in [0.2, 0.25) is 0 Å². The number of carbonyl (C=O) groups excluding carboxylic acids is 1. The molecule has 2 rings (SSSR count). The minimum absolute atomic E-state index is 0.181. The molecule has 0 aromatic heterocycles. The molecule has 122 valence electrons. The summed E-state index contributed by atoms with van der Waals surface area (Å²) in [7, 11) is 0. The Morgan fingerprint density at radius 3 is 2.55 bits per heavy atom. The van der Waals surface area contributed by atoms with Crippen molar-refractivity contribution in [2.75, 3.05) is 6.54 Å². The van der Waals surface area contributed by atoms with E-state index in [1.807, 2.05) is 6.07 Å². The van der Waals surface area contributed by atoms with Gasteiger partial charge in [0.25, 0.3) is 5.91 Å². The van der Waals surface area contributed by atoms with Gasteiger partial charge in [-0.25, -0.2) is 0 Å². The van der Waals surface area contributed by atoms with Crippen LogP contribution in [0.5, 0.6) is 0 Å². The van der Waals surface area contributed by atoms with E-state index in [-0.39, 0.29) is 5.91 Å². The van der Waals surface area contributed by atoms with Crippen molar-refractivity contribution < 1.29 is 10.1 Å². The van der Waals surface area contributed by atoms with Crippen molar-refractivity contribution in [1.29, 1.82) is 0 Å². The third-order valence-electron chi connectivity index (χ3n) is 4.92. The summed E-state index contributed by atoms with van der Waals surface area (Å²) in [6, 6.07) is 11.2. The van der Waals surface area contributed by atoms with Gasteiger partial charge in [-0.1, -0.05) is 63.9 Å². The van der Waals surface area contributed by atoms with Gasteiger partial charge < -0.3 is 10.6 Å². The fourth-order valence-electron chi connectivity index (χ4n) is 3.50. The van der Waals surface area contributed by atoms with Crippen LogP contribution < -0.4 is 10.6 Å². The zero-order valence-electron chi connectivity index (χ0n) is 14.2. The van der Waals surface area contributed by atoms with Crippen LogP contribution in [0.1, 0.15) is 58.1 Å². The number of nitrogens with two attached hydrogens (primary N) is 1. The standard InChI is InChI=1S/C19H30N2O/c1-14(2)19(16-10-5-4-6-11-16)20-13-18(22)21-17-12-8-7-9-15(17)3/h4-6,10-11,14-15,17,19-20H,7-9,12-13H2,1-3H3,(H,21,22)/p+1/t15-,17-,19-/m1/s1. The van der Waals surface area contributed by atoms with E-state index in [1.54, 1.807) is 0 Å². The van der Waals surface area contributed by atoms with Crippen LogP contribution in [0.25, 0.3) is 0 Å². The van der Waals surface area contributed by atoms with Crippen LogP contribution in [0.4, 0.5) is 0 Å². The Hall–Kier alpha value is -1.35. The first-order valence-electron chi connectivity index (χ1n) is 8.75. The van der Waals surface area contributed by atoms with Crippen molar-refractivity contribution in [2.45, 2.75) is 58.5 Å². The first kappa shape index (κ1) is 17.0. The Labute approximate surface area is 134 Å². The van der Waals surface area contributed by atoms with E-state index in [4.69, 9.17) is 0 Å². The zero-order valence-corrected chi connectivity index (χ0v) is 14.2. The number of hydrogen-bond acceptors (Lipinski definition) is 1. The van der Waals surface area contributed by atoms with Crippen molar-refractivity contribution in [3.63, 3.8) is 0 Å². The highest BCUT2D eigenvalue weighted by Gasteiger charge is 2.25. The van der Waals surface area contributed by atoms with Gasteiger partial charge in [-0.05, 0) is 18.8 Å². The molecular formula is C19H31N2O+. The molecule has 1 aromatic rings. The second-order valence-electron chi connectivity index (χ2n) is 7.06. The van der Waals surface area contributed by atoms with E-state index >= 15 is 0 Å². The molecule has 22 heavy (non-hydrogen) atoms. The van der Waals surface area contributed by atoms with Gasteiger partial charge in [0.1, 0.15) is 6.04 Å². The van der Waals surface area contributed by atoms with Crippen LogP contribution in [0.2, 0.25) is 0 Å². The first-order chi connectivity index (χ1) is 10.6. The lowest BCUT2D eigenvalue weighted by molar-refractivity contribution is -0.692. The summed E-state index contributed by atoms with van der Waals surface area (Å²) >= 11 is 0. The molecule has 3 heteroatoms. The summed E-state index contributed by atoms with van der Waals surface area (Å²) in [6.07, 6.45) is 4.94. The lowest BCUT2D eigenvalue weighted by Crippen LogP contribution is -2.88. The van der Waals surface area contributed by atoms with Gasteiger partial charge >= 0.3 is 0 Å². The number of carbonyl (C=O) groups is 1. The van der Waals surface area contributed by atoms with Crippen LogP contribution in [-0.2, 0) is 4.79 Å². The molecule has 1 aliphatic rings. The third kappa shape index (κ3) is 4.84. The minimum atomic E-state index is 0.181. The van der Waals surface area contributed by atoms with Crippen molar-refractivity contribution in [2.24, 2.45) is 11.8 Å². The summed E-state index contributed by atoms with van der Waals surface area (Å²) < 4.78 is 0. The average Bonchev–Trinajstić information content (AvgIpc) is 2.50. The van der Waals surface area contributed by atoms with Crippen LogP contribution >= 0.6 is 0 Å². The molecule has 1 aromatic carbocycles. The second kappa shape index (κ2) is 8.33. The number of hydrogen-bond donors (Lipinski definition) is 2. The molecule has 0 aliphatic heterocycles. The van der Waals surface area contributed by atoms with E-state index in [0.29, 0.717) is 30.5 Å². The summed E-state index contributed by atoms with van der Waals surface area (Å²) in [4.78, 5) is 12.3. The maximum absolute atomic E-state index is 12.3. The normalized spacial score (nSPS) is 23.3. The highest BCUT2D eigenvalue weighted by molar-refractivity contribution is 5.77. The van der Waals surface area contributed by atoms with E-state index in [9.17, 15) is 4.79 Å². The maximum atomic E-state index is 12.3. The van der Waals surface area contributed by atoms with Crippen LogP contribution in [-0.4, -0.2) is 18.5 Å². The number of amides is 1. The maximum Gasteiger partial charge on any atom is 0.275 e. The molecule has 3 atom stereocenters. The Kier molecular flexibility index (Phi) is 6.44.